The Hall–Kier alpha value is -3.28. The molecule has 0 N–H and O–H groups in total. The summed E-state index contributed by atoms with van der Waals surface area (Å²) in [6.45, 7) is 4.57. The molecule has 1 aromatic heterocycles. The molecule has 0 saturated heterocycles. The second-order valence-electron chi connectivity index (χ2n) is 8.56. The average Bonchev–Trinajstić information content (AvgIpc) is 3.06. The lowest BCUT2D eigenvalue weighted by Gasteiger charge is -2.34. The van der Waals surface area contributed by atoms with Gasteiger partial charge in [-0.05, 0) is 38.8 Å². The van der Waals surface area contributed by atoms with Gasteiger partial charge in [-0.15, -0.1) is 0 Å². The van der Waals surface area contributed by atoms with Gasteiger partial charge in [-0.3, -0.25) is 4.79 Å². The highest BCUT2D eigenvalue weighted by atomic mass is 16.5. The van der Waals surface area contributed by atoms with Crippen LogP contribution in [0.25, 0.3) is 11.3 Å². The fraction of sp³-hybridized carbons (Fsp3) is 0.385. The van der Waals surface area contributed by atoms with Crippen molar-refractivity contribution in [2.24, 2.45) is 13.0 Å². The van der Waals surface area contributed by atoms with E-state index in [-0.39, 0.29) is 17.9 Å². The molecule has 6 heteroatoms. The molecule has 2 aromatic carbocycles. The molecule has 168 valence electrons. The maximum Gasteiger partial charge on any atom is 0.226 e. The molecule has 1 heterocycles. The van der Waals surface area contributed by atoms with Crippen molar-refractivity contribution in [1.82, 2.24) is 14.7 Å². The second-order valence-corrected chi connectivity index (χ2v) is 8.56. The molecule has 1 amide bonds. The number of nitrogens with zero attached hydrogens (tertiary/aromatic N) is 3. The van der Waals surface area contributed by atoms with Crippen molar-refractivity contribution in [2.45, 2.75) is 45.7 Å². The van der Waals surface area contributed by atoms with Crippen LogP contribution in [0.3, 0.4) is 0 Å². The Morgan fingerprint density at radius 2 is 1.75 bits per heavy atom. The molecular formula is C26H31N3O3. The van der Waals surface area contributed by atoms with E-state index in [2.05, 4.69) is 13.8 Å². The van der Waals surface area contributed by atoms with Gasteiger partial charge in [-0.2, -0.15) is 5.10 Å². The number of aryl methyl sites for hydroxylation is 1. The smallest absolute Gasteiger partial charge is 0.226 e. The predicted octanol–water partition coefficient (Wildman–Crippen LogP) is 5.43. The van der Waals surface area contributed by atoms with Crippen molar-refractivity contribution in [3.8, 4) is 28.6 Å². The zero-order valence-corrected chi connectivity index (χ0v) is 19.2. The van der Waals surface area contributed by atoms with Crippen molar-refractivity contribution >= 4 is 5.91 Å². The maximum absolute atomic E-state index is 13.2. The first-order valence-electron chi connectivity index (χ1n) is 11.2. The number of rotatable bonds is 8. The third kappa shape index (κ3) is 4.35. The number of amides is 1. The Balaban J connectivity index is 1.77. The number of carbonyl (C=O) groups is 1. The lowest BCUT2D eigenvalue weighted by atomic mass is 9.84. The highest BCUT2D eigenvalue weighted by Gasteiger charge is 2.33. The van der Waals surface area contributed by atoms with Crippen LogP contribution < -0.4 is 9.47 Å². The van der Waals surface area contributed by atoms with Crippen molar-refractivity contribution in [3.05, 3.63) is 60.2 Å². The van der Waals surface area contributed by atoms with Crippen molar-refractivity contribution in [1.29, 1.82) is 0 Å². The van der Waals surface area contributed by atoms with Crippen LogP contribution in [0.2, 0.25) is 0 Å². The van der Waals surface area contributed by atoms with Gasteiger partial charge in [0.15, 0.2) is 11.5 Å². The summed E-state index contributed by atoms with van der Waals surface area (Å²) in [5, 5.41) is 4.80. The van der Waals surface area contributed by atoms with Gasteiger partial charge in [0.1, 0.15) is 5.69 Å². The van der Waals surface area contributed by atoms with E-state index in [1.165, 1.54) is 0 Å². The van der Waals surface area contributed by atoms with Gasteiger partial charge in [0.2, 0.25) is 11.8 Å². The van der Waals surface area contributed by atoms with E-state index >= 15 is 0 Å². The predicted molar refractivity (Wildman–Crippen MR) is 125 cm³/mol. The summed E-state index contributed by atoms with van der Waals surface area (Å²) in [5.74, 6) is 2.22. The van der Waals surface area contributed by atoms with Gasteiger partial charge in [0.05, 0.1) is 19.2 Å². The molecule has 1 aliphatic rings. The van der Waals surface area contributed by atoms with Crippen LogP contribution in [0.5, 0.6) is 17.4 Å². The summed E-state index contributed by atoms with van der Waals surface area (Å²) < 4.78 is 13.6. The number of para-hydroxylation sites is 2. The molecule has 1 saturated carbocycles. The summed E-state index contributed by atoms with van der Waals surface area (Å²) in [5.41, 5.74) is 2.71. The molecule has 0 unspecified atom stereocenters. The third-order valence-corrected chi connectivity index (χ3v) is 6.10. The molecular weight excluding hydrogens is 402 g/mol. The molecule has 1 fully saturated rings. The number of benzene rings is 2. The normalized spacial score (nSPS) is 13.7. The van der Waals surface area contributed by atoms with Gasteiger partial charge >= 0.3 is 0 Å². The van der Waals surface area contributed by atoms with Gasteiger partial charge in [0.25, 0.3) is 0 Å². The Bertz CT molecular complexity index is 1070. The Morgan fingerprint density at radius 3 is 2.34 bits per heavy atom. The Morgan fingerprint density at radius 1 is 1.09 bits per heavy atom. The van der Waals surface area contributed by atoms with E-state index in [9.17, 15) is 4.79 Å². The SMILES string of the molecule is COc1ccccc1Oc1c(CN(C(=O)C2CCC2)C(C)C)c(-c2ccccc2)nn1C. The summed E-state index contributed by atoms with van der Waals surface area (Å²) in [7, 11) is 3.49. The maximum atomic E-state index is 13.2. The molecule has 0 radical (unpaired) electrons. The topological polar surface area (TPSA) is 56.6 Å². The lowest BCUT2D eigenvalue weighted by Crippen LogP contribution is -2.42. The largest absolute Gasteiger partial charge is 0.493 e. The monoisotopic (exact) mass is 433 g/mol. The minimum Gasteiger partial charge on any atom is -0.493 e. The van der Waals surface area contributed by atoms with Gasteiger partial charge < -0.3 is 14.4 Å². The lowest BCUT2D eigenvalue weighted by molar-refractivity contribution is -0.140. The van der Waals surface area contributed by atoms with Crippen LogP contribution in [0.1, 0.15) is 38.7 Å². The Kier molecular flexibility index (Phi) is 6.49. The van der Waals surface area contributed by atoms with Crippen molar-refractivity contribution < 1.29 is 14.3 Å². The van der Waals surface area contributed by atoms with Gasteiger partial charge in [-0.25, -0.2) is 4.68 Å². The first kappa shape index (κ1) is 21.9. The van der Waals surface area contributed by atoms with Crippen LogP contribution in [-0.2, 0) is 18.4 Å². The molecule has 1 aliphatic carbocycles. The molecule has 32 heavy (non-hydrogen) atoms. The fourth-order valence-electron chi connectivity index (χ4n) is 4.03. The van der Waals surface area contributed by atoms with Crippen LogP contribution in [-0.4, -0.2) is 33.7 Å². The molecule has 0 atom stereocenters. The van der Waals surface area contributed by atoms with E-state index in [4.69, 9.17) is 14.6 Å². The highest BCUT2D eigenvalue weighted by molar-refractivity contribution is 5.80. The molecule has 4 rings (SSSR count). The third-order valence-electron chi connectivity index (χ3n) is 6.10. The summed E-state index contributed by atoms with van der Waals surface area (Å²) in [6, 6.07) is 17.7. The quantitative estimate of drug-likeness (QED) is 0.476. The summed E-state index contributed by atoms with van der Waals surface area (Å²) in [4.78, 5) is 15.2. The van der Waals surface area contributed by atoms with Crippen LogP contribution >= 0.6 is 0 Å². The molecule has 0 bridgehead atoms. The molecule has 0 spiro atoms. The first-order valence-corrected chi connectivity index (χ1v) is 11.2. The van der Waals surface area contributed by atoms with Crippen LogP contribution in [0.15, 0.2) is 54.6 Å². The minimum absolute atomic E-state index is 0.0750. The van der Waals surface area contributed by atoms with E-state index in [1.54, 1.807) is 11.8 Å². The number of aromatic nitrogens is 2. The van der Waals surface area contributed by atoms with Crippen LogP contribution in [0.4, 0.5) is 0 Å². The Labute approximate surface area is 189 Å². The summed E-state index contributed by atoms with van der Waals surface area (Å²) in [6.07, 6.45) is 3.09. The summed E-state index contributed by atoms with van der Waals surface area (Å²) >= 11 is 0. The van der Waals surface area contributed by atoms with E-state index in [1.807, 2.05) is 66.5 Å². The van der Waals surface area contributed by atoms with E-state index < -0.39 is 0 Å². The number of hydrogen-bond donors (Lipinski definition) is 0. The van der Waals surface area contributed by atoms with E-state index in [0.717, 1.165) is 36.1 Å². The van der Waals surface area contributed by atoms with Gasteiger partial charge in [-0.1, -0.05) is 48.9 Å². The molecule has 0 aliphatic heterocycles. The fourth-order valence-corrected chi connectivity index (χ4v) is 4.03. The molecule has 6 nitrogen and oxygen atoms in total. The zero-order chi connectivity index (χ0) is 22.7. The second kappa shape index (κ2) is 9.47. The van der Waals surface area contributed by atoms with Gasteiger partial charge in [0, 0.05) is 24.6 Å². The standard InChI is InChI=1S/C26H31N3O3/c1-18(2)29(25(30)20-13-10-14-20)17-21-24(19-11-6-5-7-12-19)27-28(3)26(21)32-23-16-9-8-15-22(23)31-4/h5-9,11-12,15-16,18,20H,10,13-14,17H2,1-4H3. The first-order chi connectivity index (χ1) is 15.5. The van der Waals surface area contributed by atoms with Crippen molar-refractivity contribution in [3.63, 3.8) is 0 Å². The average molecular weight is 434 g/mol. The minimum atomic E-state index is 0.0750. The van der Waals surface area contributed by atoms with Crippen LogP contribution in [0, 0.1) is 5.92 Å². The number of ether oxygens (including phenoxy) is 2. The number of carbonyl (C=O) groups excluding carboxylic acids is 1. The number of methoxy groups -OCH3 is 1. The van der Waals surface area contributed by atoms with Crippen molar-refractivity contribution in [2.75, 3.05) is 7.11 Å². The number of hydrogen-bond acceptors (Lipinski definition) is 4. The highest BCUT2D eigenvalue weighted by Crippen LogP contribution is 2.38. The van der Waals surface area contributed by atoms with E-state index in [0.29, 0.717) is 23.9 Å². The zero-order valence-electron chi connectivity index (χ0n) is 19.2. The molecule has 3 aromatic rings.